The molecular weight excluding hydrogens is 416 g/mol. The number of hydrogen-bond acceptors (Lipinski definition) is 7. The Bertz CT molecular complexity index is 1100. The molecule has 9 nitrogen and oxygen atoms in total. The SMILES string of the molecule is CCOC(=O)c1cnn(C2CCN(C(=O)Nc3nc4ccc(CC)cc4s3)CC2)c1N. The second kappa shape index (κ2) is 8.93. The number of nitrogens with one attached hydrogen (secondary N) is 1. The minimum absolute atomic E-state index is 0.0298. The van der Waals surface area contributed by atoms with Gasteiger partial charge in [-0.25, -0.2) is 19.3 Å². The van der Waals surface area contributed by atoms with E-state index >= 15 is 0 Å². The number of thiazole rings is 1. The van der Waals surface area contributed by atoms with Crippen LogP contribution in [0.4, 0.5) is 15.7 Å². The van der Waals surface area contributed by atoms with Crippen molar-refractivity contribution in [2.45, 2.75) is 39.2 Å². The number of esters is 1. The molecule has 1 aliphatic rings. The van der Waals surface area contributed by atoms with Gasteiger partial charge < -0.3 is 15.4 Å². The highest BCUT2D eigenvalue weighted by Crippen LogP contribution is 2.29. The number of rotatable bonds is 5. The Morgan fingerprint density at radius 3 is 2.77 bits per heavy atom. The number of likely N-dealkylation sites (tertiary alicyclic amines) is 1. The molecule has 2 aromatic heterocycles. The summed E-state index contributed by atoms with van der Waals surface area (Å²) in [7, 11) is 0. The third kappa shape index (κ3) is 4.34. The van der Waals surface area contributed by atoms with Crippen LogP contribution < -0.4 is 11.1 Å². The number of piperidine rings is 1. The van der Waals surface area contributed by atoms with Gasteiger partial charge in [-0.15, -0.1) is 0 Å². The van der Waals surface area contributed by atoms with Gasteiger partial charge in [-0.3, -0.25) is 5.32 Å². The Morgan fingerprint density at radius 2 is 2.06 bits per heavy atom. The molecule has 0 aliphatic carbocycles. The number of carbonyl (C=O) groups is 2. The van der Waals surface area contributed by atoms with Gasteiger partial charge in [-0.05, 0) is 43.9 Å². The molecule has 1 aliphatic heterocycles. The zero-order valence-electron chi connectivity index (χ0n) is 17.6. The average Bonchev–Trinajstić information content (AvgIpc) is 3.36. The van der Waals surface area contributed by atoms with Gasteiger partial charge in [0.05, 0.1) is 29.1 Å². The van der Waals surface area contributed by atoms with Crippen molar-refractivity contribution in [1.82, 2.24) is 19.7 Å². The monoisotopic (exact) mass is 442 g/mol. The number of hydrogen-bond donors (Lipinski definition) is 2. The van der Waals surface area contributed by atoms with Crippen LogP contribution in [0.25, 0.3) is 10.2 Å². The van der Waals surface area contributed by atoms with E-state index in [0.717, 1.165) is 16.6 Å². The van der Waals surface area contributed by atoms with Gasteiger partial charge in [-0.2, -0.15) is 5.10 Å². The maximum absolute atomic E-state index is 12.7. The molecule has 31 heavy (non-hydrogen) atoms. The summed E-state index contributed by atoms with van der Waals surface area (Å²) in [5.74, 6) is -0.160. The van der Waals surface area contributed by atoms with Crippen LogP contribution in [-0.4, -0.2) is 51.4 Å². The first kappa shape index (κ1) is 21.1. The zero-order valence-corrected chi connectivity index (χ0v) is 18.4. The van der Waals surface area contributed by atoms with Gasteiger partial charge in [0.15, 0.2) is 5.13 Å². The molecule has 4 rings (SSSR count). The number of amides is 2. The molecule has 2 amide bonds. The minimum Gasteiger partial charge on any atom is -0.462 e. The zero-order chi connectivity index (χ0) is 22.0. The van der Waals surface area contributed by atoms with E-state index in [1.807, 2.05) is 6.07 Å². The lowest BCUT2D eigenvalue weighted by atomic mass is 10.1. The molecule has 10 heteroatoms. The van der Waals surface area contributed by atoms with Crippen molar-refractivity contribution in [2.75, 3.05) is 30.7 Å². The molecule has 0 bridgehead atoms. The number of carbonyl (C=O) groups excluding carboxylic acids is 2. The van der Waals surface area contributed by atoms with Crippen LogP contribution in [0.2, 0.25) is 0 Å². The van der Waals surface area contributed by atoms with E-state index in [1.54, 1.807) is 16.5 Å². The first-order valence-electron chi connectivity index (χ1n) is 10.5. The number of urea groups is 1. The summed E-state index contributed by atoms with van der Waals surface area (Å²) in [6, 6.07) is 6.04. The molecule has 0 atom stereocenters. The van der Waals surface area contributed by atoms with Crippen LogP contribution in [0.5, 0.6) is 0 Å². The molecular formula is C21H26N6O3S. The molecule has 3 N–H and O–H groups in total. The quantitative estimate of drug-likeness (QED) is 0.583. The summed E-state index contributed by atoms with van der Waals surface area (Å²) in [5.41, 5.74) is 8.54. The number of nitrogens with zero attached hydrogens (tertiary/aromatic N) is 4. The Balaban J connectivity index is 1.36. The number of nitrogen functional groups attached to an aromatic ring is 1. The third-order valence-corrected chi connectivity index (χ3v) is 6.44. The summed E-state index contributed by atoms with van der Waals surface area (Å²) >= 11 is 1.48. The molecule has 0 saturated carbocycles. The highest BCUT2D eigenvalue weighted by atomic mass is 32.1. The normalized spacial score (nSPS) is 14.7. The first-order valence-corrected chi connectivity index (χ1v) is 11.3. The van der Waals surface area contributed by atoms with E-state index in [-0.39, 0.29) is 24.2 Å². The van der Waals surface area contributed by atoms with E-state index in [1.165, 1.54) is 23.1 Å². The van der Waals surface area contributed by atoms with Gasteiger partial charge in [0.25, 0.3) is 0 Å². The summed E-state index contributed by atoms with van der Waals surface area (Å²) in [6.45, 7) is 5.27. The summed E-state index contributed by atoms with van der Waals surface area (Å²) in [6.07, 6.45) is 3.80. The number of benzene rings is 1. The topological polar surface area (TPSA) is 115 Å². The molecule has 3 aromatic rings. The van der Waals surface area contributed by atoms with Crippen molar-refractivity contribution >= 4 is 44.5 Å². The Morgan fingerprint density at radius 1 is 1.29 bits per heavy atom. The summed E-state index contributed by atoms with van der Waals surface area (Å²) in [5, 5.41) is 7.81. The maximum atomic E-state index is 12.7. The molecule has 164 valence electrons. The van der Waals surface area contributed by atoms with Gasteiger partial charge in [-0.1, -0.05) is 24.3 Å². The van der Waals surface area contributed by atoms with Crippen LogP contribution in [0.1, 0.15) is 48.7 Å². The van der Waals surface area contributed by atoms with E-state index in [4.69, 9.17) is 10.5 Å². The lowest BCUT2D eigenvalue weighted by molar-refractivity contribution is 0.0527. The maximum Gasteiger partial charge on any atom is 0.343 e. The first-order chi connectivity index (χ1) is 15.0. The fourth-order valence-corrected chi connectivity index (χ4v) is 4.67. The van der Waals surface area contributed by atoms with Gasteiger partial charge >= 0.3 is 12.0 Å². The molecule has 0 unspecified atom stereocenters. The second-order valence-corrected chi connectivity index (χ2v) is 8.46. The lowest BCUT2D eigenvalue weighted by Gasteiger charge is -2.32. The van der Waals surface area contributed by atoms with Crippen LogP contribution in [0.15, 0.2) is 24.4 Å². The number of nitrogens with two attached hydrogens (primary N) is 1. The molecule has 0 spiro atoms. The Hall–Kier alpha value is -3.14. The largest absolute Gasteiger partial charge is 0.462 e. The number of ether oxygens (including phenoxy) is 1. The van der Waals surface area contributed by atoms with Crippen molar-refractivity contribution in [3.63, 3.8) is 0 Å². The molecule has 1 aromatic carbocycles. The smallest absolute Gasteiger partial charge is 0.343 e. The van der Waals surface area contributed by atoms with Crippen LogP contribution >= 0.6 is 11.3 Å². The van der Waals surface area contributed by atoms with Crippen molar-refractivity contribution in [1.29, 1.82) is 0 Å². The van der Waals surface area contributed by atoms with Crippen LogP contribution in [0.3, 0.4) is 0 Å². The van der Waals surface area contributed by atoms with Gasteiger partial charge in [0.2, 0.25) is 0 Å². The molecule has 1 saturated heterocycles. The van der Waals surface area contributed by atoms with E-state index in [0.29, 0.717) is 36.9 Å². The third-order valence-electron chi connectivity index (χ3n) is 5.50. The van der Waals surface area contributed by atoms with Crippen molar-refractivity contribution < 1.29 is 14.3 Å². The predicted molar refractivity (Wildman–Crippen MR) is 120 cm³/mol. The predicted octanol–water partition coefficient (Wildman–Crippen LogP) is 3.68. The van der Waals surface area contributed by atoms with Crippen LogP contribution in [0, 0.1) is 0 Å². The highest BCUT2D eigenvalue weighted by Gasteiger charge is 2.27. The average molecular weight is 443 g/mol. The number of aromatic nitrogens is 3. The van der Waals surface area contributed by atoms with Crippen molar-refractivity contribution in [3.05, 3.63) is 35.5 Å². The number of fused-ring (bicyclic) bond motifs is 1. The fraction of sp³-hybridized carbons (Fsp3) is 0.429. The van der Waals surface area contributed by atoms with Crippen molar-refractivity contribution in [3.8, 4) is 0 Å². The minimum atomic E-state index is -0.468. The Labute approximate surface area is 184 Å². The molecule has 3 heterocycles. The fourth-order valence-electron chi connectivity index (χ4n) is 3.76. The molecule has 0 radical (unpaired) electrons. The lowest BCUT2D eigenvalue weighted by Crippen LogP contribution is -2.41. The van der Waals surface area contributed by atoms with Gasteiger partial charge in [0, 0.05) is 13.1 Å². The van der Waals surface area contributed by atoms with E-state index in [2.05, 4.69) is 34.5 Å². The standard InChI is InChI=1S/C21H26N6O3S/c1-3-13-5-6-16-17(11-13)31-20(24-16)25-21(29)26-9-7-14(8-10-26)27-18(22)15(12-23-27)19(28)30-4-2/h5-6,11-12,14H,3-4,7-10,22H2,1-2H3,(H,24,25,29). The van der Waals surface area contributed by atoms with Crippen LogP contribution in [-0.2, 0) is 11.2 Å². The highest BCUT2D eigenvalue weighted by molar-refractivity contribution is 7.22. The number of anilines is 2. The van der Waals surface area contributed by atoms with E-state index < -0.39 is 5.97 Å². The second-order valence-electron chi connectivity index (χ2n) is 7.43. The number of aryl methyl sites for hydroxylation is 1. The summed E-state index contributed by atoms with van der Waals surface area (Å²) < 4.78 is 7.75. The summed E-state index contributed by atoms with van der Waals surface area (Å²) in [4.78, 5) is 31.0. The Kier molecular flexibility index (Phi) is 6.08. The molecule has 1 fully saturated rings. The van der Waals surface area contributed by atoms with Gasteiger partial charge in [0.1, 0.15) is 11.4 Å². The van der Waals surface area contributed by atoms with Crippen molar-refractivity contribution in [2.24, 2.45) is 0 Å². The van der Waals surface area contributed by atoms with E-state index in [9.17, 15) is 9.59 Å².